The lowest BCUT2D eigenvalue weighted by atomic mass is 9.71. The van der Waals surface area contributed by atoms with Crippen LogP contribution in [0.3, 0.4) is 0 Å². The van der Waals surface area contributed by atoms with Gasteiger partial charge in [0.2, 0.25) is 17.7 Å². The minimum atomic E-state index is -1.38. The normalized spacial score (nSPS) is 17.5. The van der Waals surface area contributed by atoms with Crippen LogP contribution in [0.1, 0.15) is 58.6 Å². The van der Waals surface area contributed by atoms with Gasteiger partial charge in [-0.2, -0.15) is 0 Å². The Labute approximate surface area is 271 Å². The highest BCUT2D eigenvalue weighted by molar-refractivity contribution is 5.94. The maximum atomic E-state index is 14.0. The number of carbonyl (C=O) groups is 4. The van der Waals surface area contributed by atoms with Gasteiger partial charge in [0.05, 0.1) is 31.8 Å². The monoisotopic (exact) mass is 636 g/mol. The fourth-order valence-corrected chi connectivity index (χ4v) is 5.78. The van der Waals surface area contributed by atoms with Crippen molar-refractivity contribution in [2.75, 3.05) is 46.0 Å². The van der Waals surface area contributed by atoms with Crippen LogP contribution in [0.2, 0.25) is 0 Å². The number of nitrogens with one attached hydrogen (secondary N) is 2. The summed E-state index contributed by atoms with van der Waals surface area (Å²) >= 11 is 0. The third kappa shape index (κ3) is 9.07. The second kappa shape index (κ2) is 15.1. The first kappa shape index (κ1) is 34.9. The smallest absolute Gasteiger partial charge is 0.408 e. The molecule has 2 aliphatic heterocycles. The Hall–Kier alpha value is -3.96. The zero-order valence-corrected chi connectivity index (χ0v) is 27.7. The van der Waals surface area contributed by atoms with E-state index in [1.54, 1.807) is 39.5 Å². The average molecular weight is 637 g/mol. The Bertz CT molecular complexity index is 1330. The zero-order valence-electron chi connectivity index (χ0n) is 27.7. The van der Waals surface area contributed by atoms with Crippen molar-refractivity contribution in [3.8, 4) is 0 Å². The van der Waals surface area contributed by atoms with Gasteiger partial charge >= 0.3 is 6.09 Å². The number of rotatable bonds is 10. The summed E-state index contributed by atoms with van der Waals surface area (Å²) in [5, 5.41) is 5.42. The number of piperidine rings is 1. The van der Waals surface area contributed by atoms with Crippen LogP contribution in [0.25, 0.3) is 0 Å². The Balaban J connectivity index is 1.49. The standard InChI is InChI=1S/C35H48N4O7/c1-33(2,3)46-32(43)37-34(4,5)30(41)36-28(25-45-24-26-12-8-6-9-13-26)29(40)38-18-16-35(17-19-38,27-14-10-7-11-15-27)31(42)39-20-22-44-23-21-39/h6-15,28H,16-25H2,1-5H3,(H,36,41)(H,37,43). The summed E-state index contributed by atoms with van der Waals surface area (Å²) in [5.41, 5.74) is -1.02. The molecule has 2 aliphatic rings. The molecule has 0 saturated carbocycles. The van der Waals surface area contributed by atoms with Crippen molar-refractivity contribution in [1.29, 1.82) is 0 Å². The topological polar surface area (TPSA) is 127 Å². The molecule has 1 atom stereocenters. The highest BCUT2D eigenvalue weighted by Crippen LogP contribution is 2.38. The highest BCUT2D eigenvalue weighted by Gasteiger charge is 2.47. The van der Waals surface area contributed by atoms with E-state index in [4.69, 9.17) is 14.2 Å². The van der Waals surface area contributed by atoms with Crippen molar-refractivity contribution in [1.82, 2.24) is 20.4 Å². The highest BCUT2D eigenvalue weighted by atomic mass is 16.6. The minimum absolute atomic E-state index is 0.0557. The maximum Gasteiger partial charge on any atom is 0.408 e. The predicted octanol–water partition coefficient (Wildman–Crippen LogP) is 3.41. The van der Waals surface area contributed by atoms with Crippen molar-refractivity contribution in [3.05, 3.63) is 71.8 Å². The van der Waals surface area contributed by atoms with Crippen LogP contribution in [0, 0.1) is 0 Å². The Morgan fingerprint density at radius 1 is 0.848 bits per heavy atom. The Morgan fingerprint density at radius 3 is 2.02 bits per heavy atom. The molecule has 2 aromatic carbocycles. The molecule has 2 heterocycles. The van der Waals surface area contributed by atoms with Gasteiger partial charge in [-0.25, -0.2) is 4.79 Å². The van der Waals surface area contributed by atoms with Gasteiger partial charge in [-0.3, -0.25) is 14.4 Å². The minimum Gasteiger partial charge on any atom is -0.444 e. The van der Waals surface area contributed by atoms with Gasteiger partial charge in [0.15, 0.2) is 0 Å². The van der Waals surface area contributed by atoms with Crippen molar-refractivity contribution in [2.24, 2.45) is 0 Å². The molecule has 0 bridgehead atoms. The van der Waals surface area contributed by atoms with Gasteiger partial charge < -0.3 is 34.6 Å². The lowest BCUT2D eigenvalue weighted by molar-refractivity contribution is -0.147. The molecule has 11 nitrogen and oxygen atoms in total. The van der Waals surface area contributed by atoms with E-state index in [1.807, 2.05) is 65.6 Å². The van der Waals surface area contributed by atoms with Gasteiger partial charge in [0.1, 0.15) is 17.2 Å². The van der Waals surface area contributed by atoms with Crippen molar-refractivity contribution < 1.29 is 33.4 Å². The molecule has 46 heavy (non-hydrogen) atoms. The number of ether oxygens (including phenoxy) is 3. The number of carbonyl (C=O) groups excluding carboxylic acids is 4. The fourth-order valence-electron chi connectivity index (χ4n) is 5.78. The number of amides is 4. The van der Waals surface area contributed by atoms with Gasteiger partial charge in [0.25, 0.3) is 0 Å². The van der Waals surface area contributed by atoms with Gasteiger partial charge in [-0.15, -0.1) is 0 Å². The van der Waals surface area contributed by atoms with E-state index >= 15 is 0 Å². The first-order chi connectivity index (χ1) is 21.8. The van der Waals surface area contributed by atoms with Crippen LogP contribution >= 0.6 is 0 Å². The van der Waals surface area contributed by atoms with E-state index in [9.17, 15) is 19.2 Å². The number of nitrogens with zero attached hydrogens (tertiary/aromatic N) is 2. The molecule has 0 radical (unpaired) electrons. The molecule has 1 unspecified atom stereocenters. The first-order valence-corrected chi connectivity index (χ1v) is 16.0. The second-order valence-electron chi connectivity index (χ2n) is 13.5. The van der Waals surface area contributed by atoms with Crippen LogP contribution < -0.4 is 10.6 Å². The van der Waals surface area contributed by atoms with E-state index in [2.05, 4.69) is 10.6 Å². The molecule has 11 heteroatoms. The van der Waals surface area contributed by atoms with Crippen molar-refractivity contribution in [2.45, 2.75) is 76.7 Å². The predicted molar refractivity (Wildman–Crippen MR) is 173 cm³/mol. The summed E-state index contributed by atoms with van der Waals surface area (Å²) in [7, 11) is 0. The molecule has 0 aliphatic carbocycles. The fraction of sp³-hybridized carbons (Fsp3) is 0.543. The van der Waals surface area contributed by atoms with E-state index in [0.717, 1.165) is 11.1 Å². The number of hydrogen-bond acceptors (Lipinski definition) is 7. The summed E-state index contributed by atoms with van der Waals surface area (Å²) < 4.78 is 16.8. The van der Waals surface area contributed by atoms with Gasteiger partial charge in [0, 0.05) is 26.2 Å². The van der Waals surface area contributed by atoms with E-state index < -0.39 is 34.6 Å². The Morgan fingerprint density at radius 2 is 1.43 bits per heavy atom. The van der Waals surface area contributed by atoms with Crippen LogP contribution in [0.15, 0.2) is 60.7 Å². The van der Waals surface area contributed by atoms with E-state index in [1.165, 1.54) is 0 Å². The third-order valence-corrected chi connectivity index (χ3v) is 8.34. The van der Waals surface area contributed by atoms with Crippen LogP contribution in [-0.4, -0.2) is 96.8 Å². The molecular formula is C35H48N4O7. The molecule has 4 rings (SSSR count). The van der Waals surface area contributed by atoms with Gasteiger partial charge in [-0.1, -0.05) is 60.7 Å². The largest absolute Gasteiger partial charge is 0.444 e. The van der Waals surface area contributed by atoms with Gasteiger partial charge in [-0.05, 0) is 58.6 Å². The second-order valence-corrected chi connectivity index (χ2v) is 13.5. The lowest BCUT2D eigenvalue weighted by Crippen LogP contribution is -2.62. The average Bonchev–Trinajstić information content (AvgIpc) is 3.03. The lowest BCUT2D eigenvalue weighted by Gasteiger charge is -2.45. The maximum absolute atomic E-state index is 14.0. The molecule has 250 valence electrons. The SMILES string of the molecule is CC(C)(C)OC(=O)NC(C)(C)C(=O)NC(COCc1ccccc1)C(=O)N1CCC(C(=O)N2CCOCC2)(c2ccccc2)CC1. The van der Waals surface area contributed by atoms with Crippen molar-refractivity contribution in [3.63, 3.8) is 0 Å². The molecule has 4 amide bonds. The summed E-state index contributed by atoms with van der Waals surface area (Å²) in [6, 6.07) is 18.3. The molecular weight excluding hydrogens is 588 g/mol. The summed E-state index contributed by atoms with van der Waals surface area (Å²) in [6.45, 7) is 11.2. The number of benzene rings is 2. The van der Waals surface area contributed by atoms with Crippen LogP contribution in [-0.2, 0) is 40.6 Å². The molecule has 2 saturated heterocycles. The first-order valence-electron chi connectivity index (χ1n) is 16.0. The third-order valence-electron chi connectivity index (χ3n) is 8.34. The summed E-state index contributed by atoms with van der Waals surface area (Å²) in [6.07, 6.45) is 0.140. The van der Waals surface area contributed by atoms with E-state index in [-0.39, 0.29) is 25.0 Å². The number of morpholine rings is 1. The molecule has 0 spiro atoms. The van der Waals surface area contributed by atoms with Crippen molar-refractivity contribution >= 4 is 23.8 Å². The molecule has 2 N–H and O–H groups in total. The molecule has 2 fully saturated rings. The molecule has 0 aromatic heterocycles. The zero-order chi connectivity index (χ0) is 33.4. The molecule has 2 aromatic rings. The van der Waals surface area contributed by atoms with Crippen LogP contribution in [0.5, 0.6) is 0 Å². The van der Waals surface area contributed by atoms with Crippen LogP contribution in [0.4, 0.5) is 4.79 Å². The van der Waals surface area contributed by atoms with E-state index in [0.29, 0.717) is 52.2 Å². The summed E-state index contributed by atoms with van der Waals surface area (Å²) in [5.74, 6) is -0.812. The number of alkyl carbamates (subject to hydrolysis) is 1. The Kier molecular flexibility index (Phi) is 11.4. The quantitative estimate of drug-likeness (QED) is 0.409. The number of hydrogen-bond donors (Lipinski definition) is 2. The summed E-state index contributed by atoms with van der Waals surface area (Å²) in [4.78, 5) is 57.6. The number of likely N-dealkylation sites (tertiary alicyclic amines) is 1.